The van der Waals surface area contributed by atoms with Crippen LogP contribution in [-0.2, 0) is 0 Å². The molecule has 0 bridgehead atoms. The molecule has 2 heterocycles. The fraction of sp³-hybridized carbons (Fsp3) is 0.312. The Morgan fingerprint density at radius 2 is 2.14 bits per heavy atom. The highest BCUT2D eigenvalue weighted by molar-refractivity contribution is 7.16. The molecule has 0 radical (unpaired) electrons. The number of nitrogens with zero attached hydrogens (tertiary/aromatic N) is 4. The summed E-state index contributed by atoms with van der Waals surface area (Å²) >= 11 is 1.52. The third kappa shape index (κ3) is 2.34. The van der Waals surface area contributed by atoms with Gasteiger partial charge in [-0.25, -0.2) is 4.98 Å². The van der Waals surface area contributed by atoms with Crippen molar-refractivity contribution in [1.82, 2.24) is 14.6 Å². The van der Waals surface area contributed by atoms with Gasteiger partial charge in [0.1, 0.15) is 22.5 Å². The average Bonchev–Trinajstić information content (AvgIpc) is 3.05. The fourth-order valence-corrected chi connectivity index (χ4v) is 3.13. The molecular formula is C16H16N4OS. The molecule has 0 spiro atoms. The number of benzene rings is 1. The van der Waals surface area contributed by atoms with Crippen molar-refractivity contribution in [2.45, 2.75) is 26.7 Å². The molecule has 0 aliphatic carbocycles. The van der Waals surface area contributed by atoms with Crippen LogP contribution in [0.3, 0.4) is 0 Å². The Balaban J connectivity index is 2.20. The maximum atomic E-state index is 9.55. The second-order valence-electron chi connectivity index (χ2n) is 5.14. The van der Waals surface area contributed by atoms with Gasteiger partial charge in [-0.3, -0.25) is 0 Å². The van der Waals surface area contributed by atoms with E-state index in [9.17, 15) is 5.26 Å². The van der Waals surface area contributed by atoms with Gasteiger partial charge in [-0.05, 0) is 19.1 Å². The summed E-state index contributed by atoms with van der Waals surface area (Å²) in [5.41, 5.74) is 1.90. The molecule has 0 atom stereocenters. The van der Waals surface area contributed by atoms with Crippen molar-refractivity contribution in [3.05, 3.63) is 35.0 Å². The van der Waals surface area contributed by atoms with E-state index in [0.717, 1.165) is 21.3 Å². The van der Waals surface area contributed by atoms with Gasteiger partial charge in [0, 0.05) is 11.5 Å². The van der Waals surface area contributed by atoms with E-state index in [4.69, 9.17) is 4.74 Å². The normalized spacial score (nSPS) is 11.0. The number of nitriles is 1. The number of hydrogen-bond acceptors (Lipinski definition) is 5. The minimum atomic E-state index is 0.317. The van der Waals surface area contributed by atoms with Gasteiger partial charge < -0.3 is 4.74 Å². The molecule has 0 aliphatic rings. The van der Waals surface area contributed by atoms with Crippen LogP contribution in [0, 0.1) is 11.3 Å². The van der Waals surface area contributed by atoms with Crippen molar-refractivity contribution < 1.29 is 4.74 Å². The third-order valence-electron chi connectivity index (χ3n) is 3.26. The van der Waals surface area contributed by atoms with Crippen molar-refractivity contribution in [3.63, 3.8) is 0 Å². The first-order chi connectivity index (χ1) is 10.7. The first-order valence-electron chi connectivity index (χ1n) is 7.17. The minimum Gasteiger partial charge on any atom is -0.493 e. The van der Waals surface area contributed by atoms with Gasteiger partial charge in [-0.15, -0.1) is 0 Å². The zero-order chi connectivity index (χ0) is 15.7. The van der Waals surface area contributed by atoms with Crippen LogP contribution in [0.1, 0.15) is 37.4 Å². The summed E-state index contributed by atoms with van der Waals surface area (Å²) in [5.74, 6) is 1.05. The van der Waals surface area contributed by atoms with Gasteiger partial charge in [-0.1, -0.05) is 37.3 Å². The Morgan fingerprint density at radius 1 is 1.36 bits per heavy atom. The first-order valence-corrected chi connectivity index (χ1v) is 7.99. The Kier molecular flexibility index (Phi) is 3.82. The highest BCUT2D eigenvalue weighted by atomic mass is 32.1. The summed E-state index contributed by atoms with van der Waals surface area (Å²) in [4.78, 5) is 5.35. The van der Waals surface area contributed by atoms with Gasteiger partial charge in [0.2, 0.25) is 4.96 Å². The summed E-state index contributed by atoms with van der Waals surface area (Å²) in [7, 11) is 0. The molecule has 5 nitrogen and oxygen atoms in total. The quantitative estimate of drug-likeness (QED) is 0.734. The number of ether oxygens (including phenoxy) is 1. The van der Waals surface area contributed by atoms with Crippen molar-refractivity contribution in [2.75, 3.05) is 6.61 Å². The van der Waals surface area contributed by atoms with Crippen molar-refractivity contribution in [3.8, 4) is 23.1 Å². The predicted octanol–water partition coefficient (Wildman–Crippen LogP) is 3.85. The van der Waals surface area contributed by atoms with Crippen molar-refractivity contribution in [2.24, 2.45) is 0 Å². The Bertz CT molecular complexity index is 857. The second-order valence-corrected chi connectivity index (χ2v) is 6.13. The number of fused-ring (bicyclic) bond motifs is 1. The molecule has 2 aromatic heterocycles. The summed E-state index contributed by atoms with van der Waals surface area (Å²) < 4.78 is 7.29. The lowest BCUT2D eigenvalue weighted by Gasteiger charge is -2.08. The lowest BCUT2D eigenvalue weighted by molar-refractivity contribution is 0.341. The van der Waals surface area contributed by atoms with Crippen LogP contribution in [0.15, 0.2) is 24.3 Å². The fourth-order valence-electron chi connectivity index (χ4n) is 2.23. The standard InChI is InChI=1S/C16H16N4OS/c1-4-21-13-8-6-5-7-11(13)14-12(9-17)20-16(18-14)22-15(19-20)10(2)3/h5-8,10H,4H2,1-3H3. The van der Waals surface area contributed by atoms with Gasteiger partial charge >= 0.3 is 0 Å². The van der Waals surface area contributed by atoms with E-state index in [2.05, 4.69) is 30.0 Å². The molecule has 6 heteroatoms. The largest absolute Gasteiger partial charge is 0.493 e. The number of para-hydroxylation sites is 1. The number of aromatic nitrogens is 3. The van der Waals surface area contributed by atoms with E-state index in [0.29, 0.717) is 23.9 Å². The van der Waals surface area contributed by atoms with E-state index < -0.39 is 0 Å². The maximum absolute atomic E-state index is 9.55. The molecule has 3 aromatic rings. The Labute approximate surface area is 132 Å². The molecule has 112 valence electrons. The summed E-state index contributed by atoms with van der Waals surface area (Å²) in [6.07, 6.45) is 0. The van der Waals surface area contributed by atoms with Crippen molar-refractivity contribution in [1.29, 1.82) is 5.26 Å². The lowest BCUT2D eigenvalue weighted by atomic mass is 10.1. The van der Waals surface area contributed by atoms with Crippen LogP contribution in [0.5, 0.6) is 5.75 Å². The highest BCUT2D eigenvalue weighted by Crippen LogP contribution is 2.34. The van der Waals surface area contributed by atoms with Crippen LogP contribution < -0.4 is 4.74 Å². The van der Waals surface area contributed by atoms with E-state index in [-0.39, 0.29) is 0 Å². The van der Waals surface area contributed by atoms with Gasteiger partial charge in [-0.2, -0.15) is 14.9 Å². The molecule has 0 aliphatic heterocycles. The number of imidazole rings is 1. The minimum absolute atomic E-state index is 0.317. The summed E-state index contributed by atoms with van der Waals surface area (Å²) in [6, 6.07) is 9.86. The second kappa shape index (κ2) is 5.78. The third-order valence-corrected chi connectivity index (χ3v) is 4.47. The molecule has 0 saturated carbocycles. The molecule has 0 saturated heterocycles. The average molecular weight is 312 g/mol. The highest BCUT2D eigenvalue weighted by Gasteiger charge is 2.20. The zero-order valence-electron chi connectivity index (χ0n) is 12.7. The molecular weight excluding hydrogens is 296 g/mol. The van der Waals surface area contributed by atoms with E-state index in [1.807, 2.05) is 31.2 Å². The number of rotatable bonds is 4. The topological polar surface area (TPSA) is 63.2 Å². The summed E-state index contributed by atoms with van der Waals surface area (Å²) in [6.45, 7) is 6.66. The predicted molar refractivity (Wildman–Crippen MR) is 86.3 cm³/mol. The summed E-state index contributed by atoms with van der Waals surface area (Å²) in [5, 5.41) is 15.0. The number of hydrogen-bond donors (Lipinski definition) is 0. The van der Waals surface area contributed by atoms with Crippen LogP contribution in [0.2, 0.25) is 0 Å². The van der Waals surface area contributed by atoms with E-state index >= 15 is 0 Å². The molecule has 0 N–H and O–H groups in total. The van der Waals surface area contributed by atoms with E-state index in [1.165, 1.54) is 11.3 Å². The first kappa shape index (κ1) is 14.5. The molecule has 0 unspecified atom stereocenters. The van der Waals surface area contributed by atoms with E-state index in [1.54, 1.807) is 4.52 Å². The van der Waals surface area contributed by atoms with Crippen LogP contribution in [0.25, 0.3) is 16.2 Å². The van der Waals surface area contributed by atoms with Gasteiger partial charge in [0.05, 0.1) is 6.61 Å². The molecule has 22 heavy (non-hydrogen) atoms. The van der Waals surface area contributed by atoms with Crippen LogP contribution >= 0.6 is 11.3 Å². The zero-order valence-corrected chi connectivity index (χ0v) is 13.5. The van der Waals surface area contributed by atoms with Crippen molar-refractivity contribution >= 4 is 16.3 Å². The molecule has 0 amide bonds. The van der Waals surface area contributed by atoms with Gasteiger partial charge in [0.15, 0.2) is 5.69 Å². The maximum Gasteiger partial charge on any atom is 0.214 e. The Morgan fingerprint density at radius 3 is 2.82 bits per heavy atom. The van der Waals surface area contributed by atoms with Crippen LogP contribution in [0.4, 0.5) is 0 Å². The smallest absolute Gasteiger partial charge is 0.214 e. The van der Waals surface area contributed by atoms with Crippen LogP contribution in [-0.4, -0.2) is 21.2 Å². The monoisotopic (exact) mass is 312 g/mol. The Hall–Kier alpha value is -2.39. The molecule has 1 aromatic carbocycles. The van der Waals surface area contributed by atoms with Gasteiger partial charge in [0.25, 0.3) is 0 Å². The molecule has 3 rings (SSSR count). The lowest BCUT2D eigenvalue weighted by Crippen LogP contribution is -1.96. The molecule has 0 fully saturated rings. The SMILES string of the molecule is CCOc1ccccc1-c1nc2sc(C(C)C)nn2c1C#N.